The van der Waals surface area contributed by atoms with Crippen molar-refractivity contribution in [1.82, 2.24) is 0 Å². The van der Waals surface area contributed by atoms with Crippen LogP contribution in [0.15, 0.2) is 35.5 Å². The first kappa shape index (κ1) is 17.1. The number of methoxy groups -OCH3 is 1. The number of aliphatic hydroxyl groups excluding tert-OH is 1. The van der Waals surface area contributed by atoms with Crippen LogP contribution in [0.3, 0.4) is 0 Å². The Balaban J connectivity index is 3.87. The van der Waals surface area contributed by atoms with E-state index < -0.39 is 0 Å². The molecule has 0 aliphatic carbocycles. The zero-order valence-corrected chi connectivity index (χ0v) is 12.3. The van der Waals surface area contributed by atoms with Gasteiger partial charge in [-0.1, -0.05) is 35.5 Å². The summed E-state index contributed by atoms with van der Waals surface area (Å²) in [5.41, 5.74) is 3.55. The first-order valence-electron chi connectivity index (χ1n) is 6.61. The van der Waals surface area contributed by atoms with Crippen molar-refractivity contribution >= 4 is 0 Å². The number of rotatable bonds is 9. The molecule has 0 aromatic carbocycles. The summed E-state index contributed by atoms with van der Waals surface area (Å²) in [7, 11) is 1.71. The molecule has 18 heavy (non-hydrogen) atoms. The molecule has 0 aromatic heterocycles. The summed E-state index contributed by atoms with van der Waals surface area (Å²) < 4.78 is 5.00. The number of allylic oxidation sites excluding steroid dienone is 3. The molecule has 0 saturated heterocycles. The van der Waals surface area contributed by atoms with Crippen molar-refractivity contribution in [2.45, 2.75) is 52.6 Å². The second-order valence-corrected chi connectivity index (χ2v) is 5.00. The predicted octanol–water partition coefficient (Wildman–Crippen LogP) is 4.02. The summed E-state index contributed by atoms with van der Waals surface area (Å²) in [5, 5.41) is 9.64. The van der Waals surface area contributed by atoms with Crippen LogP contribution < -0.4 is 0 Å². The van der Waals surface area contributed by atoms with Gasteiger partial charge in [-0.15, -0.1) is 0 Å². The van der Waals surface area contributed by atoms with E-state index in [1.54, 1.807) is 7.11 Å². The minimum absolute atomic E-state index is 0.364. The molecule has 0 spiro atoms. The van der Waals surface area contributed by atoms with Gasteiger partial charge < -0.3 is 9.84 Å². The number of aliphatic hydroxyl groups is 1. The lowest BCUT2D eigenvalue weighted by Crippen LogP contribution is -2.06. The molecule has 0 saturated carbocycles. The van der Waals surface area contributed by atoms with Crippen LogP contribution in [-0.2, 0) is 4.74 Å². The fraction of sp³-hybridized carbons (Fsp3) is 0.625. The molecule has 0 radical (unpaired) electrons. The van der Waals surface area contributed by atoms with E-state index in [4.69, 9.17) is 4.74 Å². The van der Waals surface area contributed by atoms with E-state index in [0.29, 0.717) is 6.61 Å². The van der Waals surface area contributed by atoms with Gasteiger partial charge in [-0.3, -0.25) is 0 Å². The highest BCUT2D eigenvalue weighted by molar-refractivity contribution is 5.05. The van der Waals surface area contributed by atoms with Gasteiger partial charge in [0.05, 0.1) is 12.7 Å². The van der Waals surface area contributed by atoms with Gasteiger partial charge in [0.1, 0.15) is 0 Å². The second-order valence-electron chi connectivity index (χ2n) is 5.00. The molecule has 2 heteroatoms. The molecule has 0 aliphatic rings. The number of hydrogen-bond donors (Lipinski definition) is 1. The average Bonchev–Trinajstić information content (AvgIpc) is 2.33. The third kappa shape index (κ3) is 9.20. The van der Waals surface area contributed by atoms with Crippen LogP contribution in [-0.4, -0.2) is 24.9 Å². The second kappa shape index (κ2) is 10.1. The van der Waals surface area contributed by atoms with Crippen LogP contribution >= 0.6 is 0 Å². The van der Waals surface area contributed by atoms with E-state index in [1.807, 2.05) is 6.92 Å². The highest BCUT2D eigenvalue weighted by atomic mass is 16.5. The van der Waals surface area contributed by atoms with Crippen molar-refractivity contribution in [3.63, 3.8) is 0 Å². The molecule has 2 nitrogen and oxygen atoms in total. The largest absolute Gasteiger partial charge is 0.389 e. The fourth-order valence-corrected chi connectivity index (χ4v) is 1.59. The van der Waals surface area contributed by atoms with Crippen LogP contribution in [0, 0.1) is 0 Å². The van der Waals surface area contributed by atoms with Crippen LogP contribution in [0.2, 0.25) is 0 Å². The highest BCUT2D eigenvalue weighted by Gasteiger charge is 2.03. The van der Waals surface area contributed by atoms with E-state index >= 15 is 0 Å². The summed E-state index contributed by atoms with van der Waals surface area (Å²) in [5.74, 6) is 0. The van der Waals surface area contributed by atoms with Gasteiger partial charge in [0.25, 0.3) is 0 Å². The Morgan fingerprint density at radius 3 is 2.33 bits per heavy atom. The van der Waals surface area contributed by atoms with Gasteiger partial charge in [0, 0.05) is 7.11 Å². The maximum Gasteiger partial charge on any atom is 0.0747 e. The minimum atomic E-state index is -0.364. The van der Waals surface area contributed by atoms with Crippen molar-refractivity contribution in [3.8, 4) is 0 Å². The van der Waals surface area contributed by atoms with E-state index in [1.165, 1.54) is 11.1 Å². The minimum Gasteiger partial charge on any atom is -0.389 e. The number of hydrogen-bond acceptors (Lipinski definition) is 2. The van der Waals surface area contributed by atoms with Crippen molar-refractivity contribution in [2.75, 3.05) is 13.7 Å². The smallest absolute Gasteiger partial charge is 0.0747 e. The molecule has 0 fully saturated rings. The normalized spacial score (nSPS) is 14.7. The quantitative estimate of drug-likeness (QED) is 0.628. The van der Waals surface area contributed by atoms with Gasteiger partial charge >= 0.3 is 0 Å². The molecule has 0 amide bonds. The van der Waals surface area contributed by atoms with Crippen LogP contribution in [0.5, 0.6) is 0 Å². The van der Waals surface area contributed by atoms with Crippen molar-refractivity contribution in [1.29, 1.82) is 0 Å². The Labute approximate surface area is 112 Å². The van der Waals surface area contributed by atoms with E-state index in [9.17, 15) is 5.11 Å². The van der Waals surface area contributed by atoms with Crippen LogP contribution in [0.4, 0.5) is 0 Å². The topological polar surface area (TPSA) is 29.5 Å². The summed E-state index contributed by atoms with van der Waals surface area (Å²) >= 11 is 0. The van der Waals surface area contributed by atoms with Gasteiger partial charge in [-0.2, -0.15) is 0 Å². The lowest BCUT2D eigenvalue weighted by molar-refractivity contribution is 0.201. The Morgan fingerprint density at radius 2 is 1.78 bits per heavy atom. The molecule has 0 bridgehead atoms. The summed E-state index contributed by atoms with van der Waals surface area (Å²) in [4.78, 5) is 0. The standard InChI is InChI=1S/C16H28O2/c1-13(2)16(17)10-9-14(3)7-6-8-15(4)11-12-18-5/h7,11,16-17H,1,6,8-10,12H2,2-5H3/b14-7+,15-11+. The Kier molecular flexibility index (Phi) is 9.62. The average molecular weight is 252 g/mol. The molecule has 0 aromatic rings. The molecule has 104 valence electrons. The van der Waals surface area contributed by atoms with Crippen molar-refractivity contribution in [3.05, 3.63) is 35.5 Å². The first-order valence-corrected chi connectivity index (χ1v) is 6.61. The summed E-state index contributed by atoms with van der Waals surface area (Å²) in [6, 6.07) is 0. The lowest BCUT2D eigenvalue weighted by atomic mass is 10.0. The molecular formula is C16H28O2. The Hall–Kier alpha value is -0.860. The van der Waals surface area contributed by atoms with E-state index in [2.05, 4.69) is 32.6 Å². The zero-order chi connectivity index (χ0) is 14.0. The molecule has 1 atom stereocenters. The molecule has 0 rings (SSSR count). The monoisotopic (exact) mass is 252 g/mol. The fourth-order valence-electron chi connectivity index (χ4n) is 1.59. The van der Waals surface area contributed by atoms with Crippen LogP contribution in [0.25, 0.3) is 0 Å². The van der Waals surface area contributed by atoms with Gasteiger partial charge in [-0.05, 0) is 46.5 Å². The molecular weight excluding hydrogens is 224 g/mol. The third-order valence-corrected chi connectivity index (χ3v) is 3.01. The third-order valence-electron chi connectivity index (χ3n) is 3.01. The first-order chi connectivity index (χ1) is 8.47. The summed E-state index contributed by atoms with van der Waals surface area (Å²) in [6.45, 7) is 10.6. The molecule has 0 heterocycles. The van der Waals surface area contributed by atoms with Crippen molar-refractivity contribution in [2.24, 2.45) is 0 Å². The Morgan fingerprint density at radius 1 is 1.17 bits per heavy atom. The zero-order valence-electron chi connectivity index (χ0n) is 12.3. The maximum absolute atomic E-state index is 9.64. The molecule has 1 unspecified atom stereocenters. The Bertz CT molecular complexity index is 300. The molecule has 0 aliphatic heterocycles. The van der Waals surface area contributed by atoms with Gasteiger partial charge in [0.2, 0.25) is 0 Å². The maximum atomic E-state index is 9.64. The highest BCUT2D eigenvalue weighted by Crippen LogP contribution is 2.13. The van der Waals surface area contributed by atoms with Crippen molar-refractivity contribution < 1.29 is 9.84 Å². The van der Waals surface area contributed by atoms with Gasteiger partial charge in [-0.25, -0.2) is 0 Å². The van der Waals surface area contributed by atoms with Gasteiger partial charge in [0.15, 0.2) is 0 Å². The lowest BCUT2D eigenvalue weighted by Gasteiger charge is -2.09. The van der Waals surface area contributed by atoms with E-state index in [-0.39, 0.29) is 6.10 Å². The number of ether oxygens (including phenoxy) is 1. The predicted molar refractivity (Wildman–Crippen MR) is 78.7 cm³/mol. The summed E-state index contributed by atoms with van der Waals surface area (Å²) in [6.07, 6.45) is 7.86. The van der Waals surface area contributed by atoms with Crippen LogP contribution in [0.1, 0.15) is 46.5 Å². The SMILES string of the molecule is C=C(C)C(O)CC/C(C)=C/CC/C(C)=C/COC. The van der Waals surface area contributed by atoms with E-state index in [0.717, 1.165) is 31.3 Å². The molecule has 1 N–H and O–H groups in total.